The molecule has 3 aliphatic rings. The smallest absolute Gasteiger partial charge is 0.223 e. The summed E-state index contributed by atoms with van der Waals surface area (Å²) in [5.74, 6) is 0.490. The third-order valence-corrected chi connectivity index (χ3v) is 6.17. The second-order valence-corrected chi connectivity index (χ2v) is 7.74. The van der Waals surface area contributed by atoms with Crippen molar-refractivity contribution in [1.29, 1.82) is 0 Å². The van der Waals surface area contributed by atoms with Gasteiger partial charge in [-0.15, -0.1) is 0 Å². The van der Waals surface area contributed by atoms with E-state index >= 15 is 0 Å². The Labute approximate surface area is 150 Å². The number of nitrogens with zero attached hydrogens (tertiary/aromatic N) is 1. The molecule has 2 aliphatic heterocycles. The van der Waals surface area contributed by atoms with Crippen LogP contribution in [0.2, 0.25) is 0 Å². The molecule has 1 aromatic rings. The third-order valence-electron chi connectivity index (χ3n) is 6.17. The Bertz CT molecular complexity index is 607. The number of hydrogen-bond acceptors (Lipinski definition) is 4. The lowest BCUT2D eigenvalue weighted by Crippen LogP contribution is -2.36. The van der Waals surface area contributed by atoms with E-state index in [2.05, 4.69) is 39.8 Å². The van der Waals surface area contributed by atoms with Gasteiger partial charge in [0.15, 0.2) is 0 Å². The van der Waals surface area contributed by atoms with Crippen molar-refractivity contribution in [2.75, 3.05) is 39.4 Å². The first-order chi connectivity index (χ1) is 12.3. The van der Waals surface area contributed by atoms with Gasteiger partial charge in [0.1, 0.15) is 0 Å². The van der Waals surface area contributed by atoms with E-state index in [9.17, 15) is 4.79 Å². The summed E-state index contributed by atoms with van der Waals surface area (Å²) in [6, 6.07) is 8.48. The Morgan fingerprint density at radius 3 is 2.68 bits per heavy atom. The van der Waals surface area contributed by atoms with E-state index < -0.39 is 0 Å². The molecule has 0 aromatic heterocycles. The van der Waals surface area contributed by atoms with Crippen LogP contribution in [0.3, 0.4) is 0 Å². The standard InChI is InChI=1S/C20H29N3O2/c24-19(18-13-20(18)5-7-21-8-6-20)22-14-16-3-1-2-4-17(16)15-23-9-11-25-12-10-23/h1-4,18,21H,5-15H2,(H,22,24). The Morgan fingerprint density at radius 2 is 1.92 bits per heavy atom. The van der Waals surface area contributed by atoms with Crippen LogP contribution in [0.1, 0.15) is 30.4 Å². The van der Waals surface area contributed by atoms with Crippen molar-refractivity contribution in [3.8, 4) is 0 Å². The second-order valence-electron chi connectivity index (χ2n) is 7.74. The number of nitrogens with one attached hydrogen (secondary N) is 2. The number of ether oxygens (including phenoxy) is 1. The topological polar surface area (TPSA) is 53.6 Å². The first kappa shape index (κ1) is 17.0. The highest BCUT2D eigenvalue weighted by Gasteiger charge is 2.57. The SMILES string of the molecule is O=C(NCc1ccccc1CN1CCOCC1)C1CC12CCNCC2. The third kappa shape index (κ3) is 3.89. The van der Waals surface area contributed by atoms with E-state index in [0.717, 1.165) is 65.2 Å². The van der Waals surface area contributed by atoms with Crippen LogP contribution in [0.5, 0.6) is 0 Å². The first-order valence-corrected chi connectivity index (χ1v) is 9.62. The molecule has 4 rings (SSSR count). The summed E-state index contributed by atoms with van der Waals surface area (Å²) in [5, 5.41) is 6.61. The van der Waals surface area contributed by atoms with Crippen molar-refractivity contribution in [3.63, 3.8) is 0 Å². The molecule has 1 amide bonds. The normalized spacial score (nSPS) is 25.7. The van der Waals surface area contributed by atoms with Crippen LogP contribution in [0, 0.1) is 11.3 Å². The Hall–Kier alpha value is -1.43. The van der Waals surface area contributed by atoms with Gasteiger partial charge in [-0.05, 0) is 48.9 Å². The van der Waals surface area contributed by atoms with Crippen molar-refractivity contribution >= 4 is 5.91 Å². The summed E-state index contributed by atoms with van der Waals surface area (Å²) in [5.41, 5.74) is 2.86. The highest BCUT2D eigenvalue weighted by atomic mass is 16.5. The van der Waals surface area contributed by atoms with Crippen molar-refractivity contribution < 1.29 is 9.53 Å². The van der Waals surface area contributed by atoms with Gasteiger partial charge >= 0.3 is 0 Å². The second kappa shape index (κ2) is 7.44. The summed E-state index contributed by atoms with van der Waals surface area (Å²) in [7, 11) is 0. The minimum absolute atomic E-state index is 0.237. The minimum Gasteiger partial charge on any atom is -0.379 e. The summed E-state index contributed by atoms with van der Waals surface area (Å²) in [6.45, 7) is 7.31. The summed E-state index contributed by atoms with van der Waals surface area (Å²) < 4.78 is 5.43. The number of benzene rings is 1. The van der Waals surface area contributed by atoms with Crippen LogP contribution < -0.4 is 10.6 Å². The molecule has 1 unspecified atom stereocenters. The van der Waals surface area contributed by atoms with Gasteiger partial charge in [-0.1, -0.05) is 24.3 Å². The largest absolute Gasteiger partial charge is 0.379 e. The van der Waals surface area contributed by atoms with Gasteiger partial charge in [0.05, 0.1) is 13.2 Å². The van der Waals surface area contributed by atoms with E-state index in [0.29, 0.717) is 12.0 Å². The van der Waals surface area contributed by atoms with Gasteiger partial charge in [0.25, 0.3) is 0 Å². The lowest BCUT2D eigenvalue weighted by molar-refractivity contribution is -0.123. The van der Waals surface area contributed by atoms with E-state index in [1.54, 1.807) is 0 Å². The molecular formula is C20H29N3O2. The van der Waals surface area contributed by atoms with Crippen LogP contribution in [-0.4, -0.2) is 50.2 Å². The van der Waals surface area contributed by atoms with Crippen molar-refractivity contribution in [3.05, 3.63) is 35.4 Å². The maximum Gasteiger partial charge on any atom is 0.223 e. The lowest BCUT2D eigenvalue weighted by Gasteiger charge is -2.27. The molecule has 25 heavy (non-hydrogen) atoms. The predicted octanol–water partition coefficient (Wildman–Crippen LogP) is 1.52. The van der Waals surface area contributed by atoms with Crippen LogP contribution in [0.15, 0.2) is 24.3 Å². The highest BCUT2D eigenvalue weighted by Crippen LogP contribution is 2.58. The van der Waals surface area contributed by atoms with Gasteiger partial charge in [0, 0.05) is 32.1 Å². The zero-order chi connectivity index (χ0) is 17.1. The van der Waals surface area contributed by atoms with Crippen LogP contribution in [0.4, 0.5) is 0 Å². The average molecular weight is 343 g/mol. The van der Waals surface area contributed by atoms with Crippen molar-refractivity contribution in [1.82, 2.24) is 15.5 Å². The van der Waals surface area contributed by atoms with E-state index in [1.807, 2.05) is 0 Å². The van der Waals surface area contributed by atoms with E-state index in [-0.39, 0.29) is 11.8 Å². The zero-order valence-electron chi connectivity index (χ0n) is 14.9. The average Bonchev–Trinajstić information content (AvgIpc) is 3.35. The highest BCUT2D eigenvalue weighted by molar-refractivity contribution is 5.82. The molecule has 3 fully saturated rings. The molecule has 1 aliphatic carbocycles. The molecule has 2 heterocycles. The monoisotopic (exact) mass is 343 g/mol. The van der Waals surface area contributed by atoms with E-state index in [4.69, 9.17) is 4.74 Å². The molecule has 1 saturated carbocycles. The van der Waals surface area contributed by atoms with Gasteiger partial charge in [-0.25, -0.2) is 0 Å². The van der Waals surface area contributed by atoms with Gasteiger partial charge in [-0.3, -0.25) is 9.69 Å². The molecule has 2 N–H and O–H groups in total. The summed E-state index contributed by atoms with van der Waals surface area (Å²) in [4.78, 5) is 15.0. The maximum absolute atomic E-state index is 12.6. The Kier molecular flexibility index (Phi) is 5.06. The molecule has 0 radical (unpaired) electrons. The first-order valence-electron chi connectivity index (χ1n) is 9.62. The van der Waals surface area contributed by atoms with Crippen LogP contribution in [0.25, 0.3) is 0 Å². The molecule has 1 aromatic carbocycles. The molecule has 0 bridgehead atoms. The Balaban J connectivity index is 1.32. The minimum atomic E-state index is 0.237. The summed E-state index contributed by atoms with van der Waals surface area (Å²) >= 11 is 0. The number of carbonyl (C=O) groups excluding carboxylic acids is 1. The molecule has 1 spiro atoms. The van der Waals surface area contributed by atoms with Crippen molar-refractivity contribution in [2.24, 2.45) is 11.3 Å². The fourth-order valence-electron chi connectivity index (χ4n) is 4.39. The fourth-order valence-corrected chi connectivity index (χ4v) is 4.39. The molecule has 1 atom stereocenters. The molecule has 136 valence electrons. The quantitative estimate of drug-likeness (QED) is 0.851. The number of hydrogen-bond donors (Lipinski definition) is 2. The van der Waals surface area contributed by atoms with Gasteiger partial charge in [0.2, 0.25) is 5.91 Å². The number of carbonyl (C=O) groups is 1. The predicted molar refractivity (Wildman–Crippen MR) is 97.0 cm³/mol. The van der Waals surface area contributed by atoms with Crippen molar-refractivity contribution in [2.45, 2.75) is 32.4 Å². The number of amides is 1. The number of piperidine rings is 1. The van der Waals surface area contributed by atoms with Gasteiger partial charge in [-0.2, -0.15) is 0 Å². The molecule has 5 heteroatoms. The number of rotatable bonds is 5. The van der Waals surface area contributed by atoms with Crippen LogP contribution >= 0.6 is 0 Å². The van der Waals surface area contributed by atoms with E-state index in [1.165, 1.54) is 11.1 Å². The van der Waals surface area contributed by atoms with Gasteiger partial charge < -0.3 is 15.4 Å². The fraction of sp³-hybridized carbons (Fsp3) is 0.650. The lowest BCUT2D eigenvalue weighted by atomic mass is 9.92. The molecular weight excluding hydrogens is 314 g/mol. The molecule has 2 saturated heterocycles. The number of morpholine rings is 1. The van der Waals surface area contributed by atoms with Crippen LogP contribution in [-0.2, 0) is 22.6 Å². The zero-order valence-corrected chi connectivity index (χ0v) is 14.9. The summed E-state index contributed by atoms with van der Waals surface area (Å²) in [6.07, 6.45) is 3.38. The maximum atomic E-state index is 12.6. The molecule has 5 nitrogen and oxygen atoms in total. The Morgan fingerprint density at radius 1 is 1.20 bits per heavy atom.